The molecule has 8 rings (SSSR count). The Morgan fingerprint density at radius 2 is 1.30 bits per heavy atom. The van der Waals surface area contributed by atoms with E-state index in [4.69, 9.17) is 24.2 Å². The molecule has 63 heavy (non-hydrogen) atoms. The summed E-state index contributed by atoms with van der Waals surface area (Å²) in [5.41, 5.74) is 5.90. The Morgan fingerprint density at radius 3 is 1.95 bits per heavy atom. The first-order valence-corrected chi connectivity index (χ1v) is 25.4. The number of rotatable bonds is 11. The Bertz CT molecular complexity index is 2460. The van der Waals surface area contributed by atoms with Gasteiger partial charge in [-0.1, -0.05) is 75.5 Å². The molecule has 0 radical (unpaired) electrons. The molecule has 4 atom stereocenters. The van der Waals surface area contributed by atoms with E-state index in [1.165, 1.54) is 14.2 Å². The van der Waals surface area contributed by atoms with E-state index < -0.39 is 32.3 Å². The van der Waals surface area contributed by atoms with E-state index in [-0.39, 0.29) is 35.7 Å². The number of carbonyl (C=O) groups is 4. The van der Waals surface area contributed by atoms with Crippen LogP contribution in [0.25, 0.3) is 44.4 Å². The third-order valence-electron chi connectivity index (χ3n) is 12.9. The normalized spacial score (nSPS) is 19.9. The highest BCUT2D eigenvalue weighted by Gasteiger charge is 2.47. The average Bonchev–Trinajstić information content (AvgIpc) is 4.13. The Hall–Kier alpha value is -6.00. The summed E-state index contributed by atoms with van der Waals surface area (Å²) in [6, 6.07) is 20.3. The summed E-state index contributed by atoms with van der Waals surface area (Å²) in [6.45, 7) is 10.1. The lowest BCUT2D eigenvalue weighted by Crippen LogP contribution is -2.53. The molecule has 15 nitrogen and oxygen atoms in total. The number of benzene rings is 3. The number of hydrogen-bond donors (Lipinski definition) is 4. The molecule has 3 aliphatic rings. The van der Waals surface area contributed by atoms with Crippen molar-refractivity contribution in [2.24, 2.45) is 11.8 Å². The second-order valence-corrected chi connectivity index (χ2v) is 23.2. The fourth-order valence-electron chi connectivity index (χ4n) is 9.47. The zero-order valence-electron chi connectivity index (χ0n) is 36.9. The van der Waals surface area contributed by atoms with Gasteiger partial charge in [0.15, 0.2) is 0 Å². The van der Waals surface area contributed by atoms with Gasteiger partial charge in [0, 0.05) is 31.5 Å². The minimum Gasteiger partial charge on any atom is -0.453 e. The number of imidazole rings is 2. The van der Waals surface area contributed by atoms with E-state index in [9.17, 15) is 19.2 Å². The van der Waals surface area contributed by atoms with Crippen molar-refractivity contribution in [2.45, 2.75) is 82.8 Å². The van der Waals surface area contributed by atoms with E-state index in [1.807, 2.05) is 36.0 Å². The highest BCUT2D eigenvalue weighted by atomic mass is 28.3. The van der Waals surface area contributed by atoms with Crippen molar-refractivity contribution >= 4 is 42.8 Å². The number of aromatic amines is 2. The molecule has 332 valence electrons. The van der Waals surface area contributed by atoms with Crippen LogP contribution < -0.4 is 10.6 Å². The van der Waals surface area contributed by atoms with Crippen LogP contribution >= 0.6 is 0 Å². The number of amides is 4. The maximum atomic E-state index is 14.3. The number of nitrogens with one attached hydrogen (secondary N) is 4. The maximum Gasteiger partial charge on any atom is 0.407 e. The van der Waals surface area contributed by atoms with Gasteiger partial charge in [-0.3, -0.25) is 9.59 Å². The molecule has 0 saturated carbocycles. The monoisotopic (exact) mass is 874 g/mol. The molecule has 3 saturated heterocycles. The van der Waals surface area contributed by atoms with Crippen molar-refractivity contribution < 1.29 is 33.4 Å². The van der Waals surface area contributed by atoms with E-state index in [2.05, 4.69) is 94.4 Å². The number of methoxy groups -OCH3 is 2. The number of hydrogen-bond acceptors (Lipinski definition) is 9. The first-order valence-electron chi connectivity index (χ1n) is 21.9. The maximum absolute atomic E-state index is 14.3. The first-order chi connectivity index (χ1) is 30.3. The van der Waals surface area contributed by atoms with Crippen molar-refractivity contribution in [1.29, 1.82) is 0 Å². The molecule has 4 amide bonds. The Balaban J connectivity index is 0.952. The lowest BCUT2D eigenvalue weighted by Gasteiger charge is -2.34. The van der Waals surface area contributed by atoms with E-state index in [1.54, 1.807) is 0 Å². The molecule has 3 aromatic carbocycles. The summed E-state index contributed by atoms with van der Waals surface area (Å²) in [6.07, 6.45) is 6.14. The van der Waals surface area contributed by atoms with Gasteiger partial charge in [0.05, 0.1) is 58.2 Å². The van der Waals surface area contributed by atoms with E-state index in [0.717, 1.165) is 74.9 Å². The second kappa shape index (κ2) is 18.4. The van der Waals surface area contributed by atoms with Gasteiger partial charge in [0.2, 0.25) is 11.8 Å². The summed E-state index contributed by atoms with van der Waals surface area (Å²) in [4.78, 5) is 72.6. The Kier molecular flexibility index (Phi) is 12.7. The summed E-state index contributed by atoms with van der Waals surface area (Å²) in [5, 5.41) is 7.76. The number of H-pyrrole nitrogens is 2. The van der Waals surface area contributed by atoms with Crippen LogP contribution in [0.4, 0.5) is 9.59 Å². The lowest BCUT2D eigenvalue weighted by molar-refractivity contribution is -0.136. The van der Waals surface area contributed by atoms with E-state index in [0.29, 0.717) is 38.8 Å². The zero-order chi connectivity index (χ0) is 44.4. The van der Waals surface area contributed by atoms with Crippen molar-refractivity contribution in [3.05, 3.63) is 84.7 Å². The van der Waals surface area contributed by atoms with Crippen LogP contribution in [0.15, 0.2) is 73.1 Å². The lowest BCUT2D eigenvalue weighted by atomic mass is 9.90. The van der Waals surface area contributed by atoms with Crippen molar-refractivity contribution in [3.63, 3.8) is 0 Å². The highest BCUT2D eigenvalue weighted by Crippen LogP contribution is 2.39. The summed E-state index contributed by atoms with van der Waals surface area (Å²) >= 11 is 0. The smallest absolute Gasteiger partial charge is 0.407 e. The van der Waals surface area contributed by atoms with Crippen molar-refractivity contribution in [2.75, 3.05) is 40.1 Å². The second-order valence-electron chi connectivity index (χ2n) is 18.2. The van der Waals surface area contributed by atoms with Crippen LogP contribution in [0, 0.1) is 11.8 Å². The SMILES string of the molecule is COC(=O)N[C@H](C(=O)N1CCC[C@H]1c1ncc(-c2ccc3cc(-c4ccc(-c5cnc([C@@H]6C[Si](C)(C)CN6C(=O)[C@@H](NC(=O)OC)C6CCOCC6)[nH]5)cc4)ccc3c2)[nH]1)C(C)C. The standard InChI is InChI=1S/C47H58N8O7Si/c1-28(2)40(52-46(58)60-3)44(56)54-19-7-8-38(54)42-48-25-37(51-42)35-16-15-33-22-32(13-14-34(33)23-35)29-9-11-30(12-10-29)36-24-49-43(50-36)39-26-63(5,6)27-55(39)45(57)41(53-47(59)61-4)31-17-20-62-21-18-31/h9-16,22-25,28,31,38-41H,7-8,17-21,26-27H2,1-6H3,(H,48,51)(H,49,50)(H,52,58)(H,53,59)/t38-,39-,40-,41-/m0/s1. The number of likely N-dealkylation sites (tertiary alicyclic amines) is 1. The predicted molar refractivity (Wildman–Crippen MR) is 242 cm³/mol. The van der Waals surface area contributed by atoms with Gasteiger partial charge in [-0.2, -0.15) is 0 Å². The minimum absolute atomic E-state index is 0.0313. The van der Waals surface area contributed by atoms with Crippen LogP contribution in [0.5, 0.6) is 0 Å². The topological polar surface area (TPSA) is 184 Å². The molecule has 16 heteroatoms. The van der Waals surface area contributed by atoms with Gasteiger partial charge in [0.25, 0.3) is 0 Å². The fraction of sp³-hybridized carbons (Fsp3) is 0.447. The Morgan fingerprint density at radius 1 is 0.730 bits per heavy atom. The molecule has 3 fully saturated rings. The number of carbonyl (C=O) groups excluding carboxylic acids is 4. The van der Waals surface area contributed by atoms with Crippen LogP contribution in [-0.2, 0) is 23.8 Å². The van der Waals surface area contributed by atoms with Gasteiger partial charge >= 0.3 is 12.2 Å². The molecular formula is C47H58N8O7Si. The summed E-state index contributed by atoms with van der Waals surface area (Å²) in [5.74, 6) is 1.12. The fourth-order valence-corrected chi connectivity index (χ4v) is 12.4. The van der Waals surface area contributed by atoms with Gasteiger partial charge in [-0.05, 0) is 83.2 Å². The third kappa shape index (κ3) is 9.37. The zero-order valence-corrected chi connectivity index (χ0v) is 37.9. The van der Waals surface area contributed by atoms with Gasteiger partial charge in [0.1, 0.15) is 23.7 Å². The molecule has 0 aliphatic carbocycles. The van der Waals surface area contributed by atoms with Crippen LogP contribution in [0.2, 0.25) is 19.1 Å². The number of fused-ring (bicyclic) bond motifs is 1. The van der Waals surface area contributed by atoms with Gasteiger partial charge < -0.3 is 44.6 Å². The van der Waals surface area contributed by atoms with Crippen LogP contribution in [0.1, 0.15) is 63.3 Å². The van der Waals surface area contributed by atoms with Crippen LogP contribution in [0.3, 0.4) is 0 Å². The van der Waals surface area contributed by atoms with Gasteiger partial charge in [-0.25, -0.2) is 19.6 Å². The third-order valence-corrected chi connectivity index (χ3v) is 15.6. The van der Waals surface area contributed by atoms with E-state index >= 15 is 0 Å². The quantitative estimate of drug-likeness (QED) is 0.0971. The summed E-state index contributed by atoms with van der Waals surface area (Å²) < 4.78 is 15.3. The minimum atomic E-state index is -1.78. The number of alkyl carbamates (subject to hydrolysis) is 2. The number of aromatic nitrogens is 4. The van der Waals surface area contributed by atoms with Gasteiger partial charge in [-0.15, -0.1) is 0 Å². The molecule has 2 aromatic heterocycles. The summed E-state index contributed by atoms with van der Waals surface area (Å²) in [7, 11) is 0.828. The predicted octanol–water partition coefficient (Wildman–Crippen LogP) is 7.61. The molecule has 5 aromatic rings. The molecule has 0 spiro atoms. The first kappa shape index (κ1) is 43.6. The molecule has 5 heterocycles. The largest absolute Gasteiger partial charge is 0.453 e. The van der Waals surface area contributed by atoms with Crippen LogP contribution in [-0.4, -0.2) is 114 Å². The molecular weight excluding hydrogens is 817 g/mol. The van der Waals surface area contributed by atoms with Crippen molar-refractivity contribution in [3.8, 4) is 33.6 Å². The number of nitrogens with zero attached hydrogens (tertiary/aromatic N) is 4. The number of ether oxygens (including phenoxy) is 3. The highest BCUT2D eigenvalue weighted by molar-refractivity contribution is 6.78. The van der Waals surface area contributed by atoms with Crippen molar-refractivity contribution in [1.82, 2.24) is 40.4 Å². The average molecular weight is 875 g/mol. The Labute approximate surface area is 368 Å². The molecule has 0 bridgehead atoms. The molecule has 0 unspecified atom stereocenters. The molecule has 3 aliphatic heterocycles. The molecule has 4 N–H and O–H groups in total.